The van der Waals surface area contributed by atoms with Crippen LogP contribution in [0.5, 0.6) is 0 Å². The molecule has 2 rings (SSSR count). The standard InChI is InChI=1S/C14H15NO2/c1-10-3-6-13(7-4-10)15-9-12(11(2)16)5-8-14(15)17/h3,5-6,8-9H,4,7H2,1-2H3. The Morgan fingerprint density at radius 2 is 2.00 bits per heavy atom. The molecule has 1 aliphatic carbocycles. The fourth-order valence-corrected chi connectivity index (χ4v) is 1.85. The van der Waals surface area contributed by atoms with E-state index in [1.165, 1.54) is 18.6 Å². The molecule has 17 heavy (non-hydrogen) atoms. The number of carbonyl (C=O) groups is 1. The molecule has 1 aromatic rings. The van der Waals surface area contributed by atoms with Crippen molar-refractivity contribution >= 4 is 11.5 Å². The Morgan fingerprint density at radius 1 is 1.24 bits per heavy atom. The number of ketones is 1. The van der Waals surface area contributed by atoms with Gasteiger partial charge in [0, 0.05) is 23.5 Å². The lowest BCUT2D eigenvalue weighted by Gasteiger charge is -2.14. The lowest BCUT2D eigenvalue weighted by molar-refractivity contribution is 0.101. The van der Waals surface area contributed by atoms with Crippen LogP contribution in [0.15, 0.2) is 40.8 Å². The second-order valence-corrected chi connectivity index (χ2v) is 4.35. The minimum absolute atomic E-state index is 0.0260. The summed E-state index contributed by atoms with van der Waals surface area (Å²) in [4.78, 5) is 23.1. The molecule has 0 radical (unpaired) electrons. The maximum atomic E-state index is 11.8. The smallest absolute Gasteiger partial charge is 0.254 e. The normalized spacial score (nSPS) is 15.2. The third-order valence-corrected chi connectivity index (χ3v) is 2.96. The molecule has 0 amide bonds. The fraction of sp³-hybridized carbons (Fsp3) is 0.286. The second kappa shape index (κ2) is 4.53. The first-order valence-corrected chi connectivity index (χ1v) is 5.68. The maximum absolute atomic E-state index is 11.8. The summed E-state index contributed by atoms with van der Waals surface area (Å²) in [5.74, 6) is -0.0260. The molecule has 1 aromatic heterocycles. The average molecular weight is 229 g/mol. The van der Waals surface area contributed by atoms with Gasteiger partial charge in [0.2, 0.25) is 0 Å². The summed E-state index contributed by atoms with van der Waals surface area (Å²) in [6, 6.07) is 3.02. The highest BCUT2D eigenvalue weighted by Crippen LogP contribution is 2.20. The Bertz CT molecular complexity index is 576. The monoisotopic (exact) mass is 229 g/mol. The highest BCUT2D eigenvalue weighted by atomic mass is 16.1. The van der Waals surface area contributed by atoms with Crippen molar-refractivity contribution < 1.29 is 4.79 Å². The van der Waals surface area contributed by atoms with Gasteiger partial charge in [-0.1, -0.05) is 11.6 Å². The molecule has 0 spiro atoms. The van der Waals surface area contributed by atoms with Crippen LogP contribution in [-0.2, 0) is 0 Å². The summed E-state index contributed by atoms with van der Waals surface area (Å²) >= 11 is 0. The molecule has 1 heterocycles. The van der Waals surface area contributed by atoms with Crippen molar-refractivity contribution in [2.75, 3.05) is 0 Å². The molecule has 0 bridgehead atoms. The van der Waals surface area contributed by atoms with Gasteiger partial charge in [0.25, 0.3) is 5.56 Å². The van der Waals surface area contributed by atoms with Gasteiger partial charge in [-0.25, -0.2) is 0 Å². The van der Waals surface area contributed by atoms with E-state index < -0.39 is 0 Å². The van der Waals surface area contributed by atoms with Crippen LogP contribution in [0.3, 0.4) is 0 Å². The molecular weight excluding hydrogens is 214 g/mol. The van der Waals surface area contributed by atoms with Crippen LogP contribution >= 0.6 is 0 Å². The van der Waals surface area contributed by atoms with Gasteiger partial charge in [0.15, 0.2) is 5.78 Å². The molecule has 0 N–H and O–H groups in total. The third-order valence-electron chi connectivity index (χ3n) is 2.96. The van der Waals surface area contributed by atoms with Crippen molar-refractivity contribution in [1.82, 2.24) is 4.57 Å². The van der Waals surface area contributed by atoms with Gasteiger partial charge < -0.3 is 0 Å². The number of hydrogen-bond donors (Lipinski definition) is 0. The maximum Gasteiger partial charge on any atom is 0.254 e. The largest absolute Gasteiger partial charge is 0.294 e. The van der Waals surface area contributed by atoms with Crippen LogP contribution in [0.4, 0.5) is 0 Å². The van der Waals surface area contributed by atoms with Crippen LogP contribution in [0.25, 0.3) is 5.70 Å². The molecule has 3 nitrogen and oxygen atoms in total. The Balaban J connectivity index is 2.48. The van der Waals surface area contributed by atoms with E-state index in [1.54, 1.807) is 16.8 Å². The summed E-state index contributed by atoms with van der Waals surface area (Å²) in [6.07, 6.45) is 7.40. The highest BCUT2D eigenvalue weighted by Gasteiger charge is 2.09. The molecule has 0 aromatic carbocycles. The first-order chi connectivity index (χ1) is 8.08. The number of allylic oxidation sites excluding steroid dienone is 4. The van der Waals surface area contributed by atoms with Gasteiger partial charge in [0.05, 0.1) is 0 Å². The number of rotatable bonds is 2. The molecule has 0 atom stereocenters. The molecule has 0 aliphatic heterocycles. The summed E-state index contributed by atoms with van der Waals surface area (Å²) in [5.41, 5.74) is 2.74. The van der Waals surface area contributed by atoms with Crippen molar-refractivity contribution in [2.45, 2.75) is 26.7 Å². The van der Waals surface area contributed by atoms with Crippen molar-refractivity contribution in [3.63, 3.8) is 0 Å². The number of aromatic nitrogens is 1. The first-order valence-electron chi connectivity index (χ1n) is 5.68. The Kier molecular flexibility index (Phi) is 3.09. The molecule has 0 saturated heterocycles. The number of hydrogen-bond acceptors (Lipinski definition) is 2. The van der Waals surface area contributed by atoms with Crippen LogP contribution < -0.4 is 5.56 Å². The van der Waals surface area contributed by atoms with Crippen LogP contribution in [-0.4, -0.2) is 10.4 Å². The predicted octanol–water partition coefficient (Wildman–Crippen LogP) is 2.63. The van der Waals surface area contributed by atoms with E-state index in [0.29, 0.717) is 5.56 Å². The predicted molar refractivity (Wildman–Crippen MR) is 68.0 cm³/mol. The third kappa shape index (κ3) is 2.44. The SMILES string of the molecule is CC(=O)c1ccc(=O)n(C2=CC=C(C)CC2)c1. The number of Topliss-reactive ketones (excluding diaryl/α,β-unsaturated/α-hetero) is 1. The zero-order chi connectivity index (χ0) is 12.4. The Hall–Kier alpha value is -1.90. The van der Waals surface area contributed by atoms with Crippen molar-refractivity contribution in [3.05, 3.63) is 52.0 Å². The second-order valence-electron chi connectivity index (χ2n) is 4.35. The van der Waals surface area contributed by atoms with Crippen LogP contribution in [0, 0.1) is 0 Å². The topological polar surface area (TPSA) is 39.1 Å². The zero-order valence-electron chi connectivity index (χ0n) is 10.1. The van der Waals surface area contributed by atoms with E-state index in [4.69, 9.17) is 0 Å². The van der Waals surface area contributed by atoms with Gasteiger partial charge in [-0.15, -0.1) is 0 Å². The summed E-state index contributed by atoms with van der Waals surface area (Å²) < 4.78 is 1.57. The fourth-order valence-electron chi connectivity index (χ4n) is 1.85. The van der Waals surface area contributed by atoms with Crippen molar-refractivity contribution in [1.29, 1.82) is 0 Å². The molecule has 3 heteroatoms. The van der Waals surface area contributed by atoms with E-state index >= 15 is 0 Å². The number of pyridine rings is 1. The van der Waals surface area contributed by atoms with Gasteiger partial charge in [-0.2, -0.15) is 0 Å². The average Bonchev–Trinajstić information content (AvgIpc) is 2.31. The van der Waals surface area contributed by atoms with E-state index in [0.717, 1.165) is 18.5 Å². The minimum atomic E-state index is -0.0887. The van der Waals surface area contributed by atoms with E-state index in [-0.39, 0.29) is 11.3 Å². The van der Waals surface area contributed by atoms with Gasteiger partial charge in [-0.05, 0) is 38.8 Å². The van der Waals surface area contributed by atoms with Crippen LogP contribution in [0.2, 0.25) is 0 Å². The van der Waals surface area contributed by atoms with E-state index in [2.05, 4.69) is 6.92 Å². The number of carbonyl (C=O) groups excluding carboxylic acids is 1. The lowest BCUT2D eigenvalue weighted by atomic mass is 10.0. The Morgan fingerprint density at radius 3 is 2.59 bits per heavy atom. The lowest BCUT2D eigenvalue weighted by Crippen LogP contribution is -2.19. The molecule has 0 fully saturated rings. The molecule has 0 saturated carbocycles. The van der Waals surface area contributed by atoms with Gasteiger partial charge in [0.1, 0.15) is 0 Å². The number of nitrogens with zero attached hydrogens (tertiary/aromatic N) is 1. The van der Waals surface area contributed by atoms with E-state index in [1.807, 2.05) is 12.2 Å². The quantitative estimate of drug-likeness (QED) is 0.731. The molecule has 88 valence electrons. The Labute approximate surface area is 100 Å². The molecular formula is C14H15NO2. The molecule has 0 unspecified atom stereocenters. The summed E-state index contributed by atoms with van der Waals surface area (Å²) in [7, 11) is 0. The molecule has 1 aliphatic rings. The van der Waals surface area contributed by atoms with Gasteiger partial charge in [-0.3, -0.25) is 14.2 Å². The van der Waals surface area contributed by atoms with E-state index in [9.17, 15) is 9.59 Å². The summed E-state index contributed by atoms with van der Waals surface area (Å²) in [5, 5.41) is 0. The minimum Gasteiger partial charge on any atom is -0.294 e. The first kappa shape index (κ1) is 11.6. The zero-order valence-corrected chi connectivity index (χ0v) is 10.1. The van der Waals surface area contributed by atoms with Crippen LogP contribution in [0.1, 0.15) is 37.0 Å². The summed E-state index contributed by atoms with van der Waals surface area (Å²) in [6.45, 7) is 3.57. The van der Waals surface area contributed by atoms with Crippen molar-refractivity contribution in [3.8, 4) is 0 Å². The van der Waals surface area contributed by atoms with Gasteiger partial charge >= 0.3 is 0 Å². The van der Waals surface area contributed by atoms with Crippen molar-refractivity contribution in [2.24, 2.45) is 0 Å². The highest BCUT2D eigenvalue weighted by molar-refractivity contribution is 5.93.